The van der Waals surface area contributed by atoms with E-state index in [0.29, 0.717) is 6.04 Å². The van der Waals surface area contributed by atoms with Crippen LogP contribution in [-0.4, -0.2) is 11.5 Å². The summed E-state index contributed by atoms with van der Waals surface area (Å²) in [5, 5.41) is 3.77. The van der Waals surface area contributed by atoms with Crippen molar-refractivity contribution >= 4 is 10.9 Å². The van der Waals surface area contributed by atoms with Crippen LogP contribution in [-0.2, 0) is 0 Å². The van der Waals surface area contributed by atoms with E-state index in [0.717, 1.165) is 0 Å². The van der Waals surface area contributed by atoms with Crippen LogP contribution in [0.25, 0.3) is 10.9 Å². The van der Waals surface area contributed by atoms with Crippen LogP contribution in [0, 0.1) is 0 Å². The number of aromatic amines is 1. The molecule has 2 aromatic rings. The third-order valence-electron chi connectivity index (χ3n) is 3.12. The lowest BCUT2D eigenvalue weighted by atomic mass is 10.1. The van der Waals surface area contributed by atoms with Gasteiger partial charge in [0.1, 0.15) is 6.04 Å². The summed E-state index contributed by atoms with van der Waals surface area (Å²) in [5.41, 5.74) is 2.66. The number of H-pyrrole nitrogens is 1. The van der Waals surface area contributed by atoms with E-state index < -0.39 is 0 Å². The lowest BCUT2D eigenvalue weighted by Gasteiger charge is -2.02. The molecular formula is C12H15N2+. The smallest absolute Gasteiger partial charge is 0.127 e. The van der Waals surface area contributed by atoms with Gasteiger partial charge in [-0.1, -0.05) is 18.2 Å². The van der Waals surface area contributed by atoms with E-state index in [9.17, 15) is 0 Å². The molecule has 1 atom stereocenters. The topological polar surface area (TPSA) is 32.4 Å². The van der Waals surface area contributed by atoms with Crippen LogP contribution in [0.3, 0.4) is 0 Å². The van der Waals surface area contributed by atoms with Gasteiger partial charge in [0.2, 0.25) is 0 Å². The van der Waals surface area contributed by atoms with Crippen LogP contribution in [0.15, 0.2) is 30.3 Å². The highest BCUT2D eigenvalue weighted by molar-refractivity contribution is 5.80. The van der Waals surface area contributed by atoms with Crippen molar-refractivity contribution in [3.63, 3.8) is 0 Å². The molecule has 3 N–H and O–H groups in total. The largest absolute Gasteiger partial charge is 0.354 e. The van der Waals surface area contributed by atoms with Gasteiger partial charge < -0.3 is 10.3 Å². The molecule has 2 heterocycles. The van der Waals surface area contributed by atoms with Crippen LogP contribution in [0.2, 0.25) is 0 Å². The molecule has 1 aliphatic rings. The Labute approximate surface area is 83.3 Å². The monoisotopic (exact) mass is 187 g/mol. The molecule has 1 aromatic carbocycles. The van der Waals surface area contributed by atoms with E-state index in [1.807, 2.05) is 0 Å². The number of para-hydroxylation sites is 1. The van der Waals surface area contributed by atoms with Gasteiger partial charge in [-0.05, 0) is 17.5 Å². The maximum Gasteiger partial charge on any atom is 0.127 e. The number of aromatic nitrogens is 1. The Bertz CT molecular complexity index is 405. The summed E-state index contributed by atoms with van der Waals surface area (Å²) in [6.07, 6.45) is 2.66. The Balaban J connectivity index is 2.05. The molecule has 72 valence electrons. The number of fused-ring (bicyclic) bond motifs is 1. The summed E-state index contributed by atoms with van der Waals surface area (Å²) in [6, 6.07) is 11.5. The minimum Gasteiger partial charge on any atom is -0.354 e. The molecule has 0 saturated carbocycles. The molecule has 2 heteroatoms. The predicted molar refractivity (Wildman–Crippen MR) is 57.1 cm³/mol. The zero-order valence-corrected chi connectivity index (χ0v) is 8.16. The second-order valence-corrected chi connectivity index (χ2v) is 4.09. The quantitative estimate of drug-likeness (QED) is 0.679. The number of hydrogen-bond donors (Lipinski definition) is 2. The summed E-state index contributed by atoms with van der Waals surface area (Å²) in [6.45, 7) is 1.28. The third kappa shape index (κ3) is 1.23. The van der Waals surface area contributed by atoms with Gasteiger partial charge in [0.25, 0.3) is 0 Å². The zero-order valence-electron chi connectivity index (χ0n) is 8.16. The molecule has 0 unspecified atom stereocenters. The number of hydrogen-bond acceptors (Lipinski definition) is 0. The van der Waals surface area contributed by atoms with E-state index in [1.54, 1.807) is 0 Å². The normalized spacial score (nSPS) is 21.9. The van der Waals surface area contributed by atoms with E-state index in [-0.39, 0.29) is 0 Å². The highest BCUT2D eigenvalue weighted by Crippen LogP contribution is 2.21. The molecule has 3 rings (SSSR count). The Morgan fingerprint density at radius 1 is 1.29 bits per heavy atom. The first-order chi connectivity index (χ1) is 6.93. The van der Waals surface area contributed by atoms with E-state index in [1.165, 1.54) is 36.0 Å². The summed E-state index contributed by atoms with van der Waals surface area (Å²) < 4.78 is 0. The lowest BCUT2D eigenvalue weighted by Crippen LogP contribution is -2.81. The molecule has 1 aromatic heterocycles. The van der Waals surface area contributed by atoms with Gasteiger partial charge in [-0.25, -0.2) is 0 Å². The van der Waals surface area contributed by atoms with Crippen molar-refractivity contribution in [1.82, 2.24) is 4.98 Å². The van der Waals surface area contributed by atoms with Crippen LogP contribution in [0.4, 0.5) is 0 Å². The first kappa shape index (κ1) is 8.06. The van der Waals surface area contributed by atoms with Gasteiger partial charge in [-0.2, -0.15) is 0 Å². The highest BCUT2D eigenvalue weighted by atomic mass is 15.0. The van der Waals surface area contributed by atoms with Gasteiger partial charge in [-0.3, -0.25) is 0 Å². The van der Waals surface area contributed by atoms with E-state index >= 15 is 0 Å². The minimum atomic E-state index is 0.669. The SMILES string of the molecule is c1ccc2[nH]c([C@@H]3CCC[NH2+]3)cc2c1. The molecule has 0 aliphatic carbocycles. The van der Waals surface area contributed by atoms with Crippen molar-refractivity contribution in [3.8, 4) is 0 Å². The summed E-state index contributed by atoms with van der Waals surface area (Å²) in [7, 11) is 0. The first-order valence-electron chi connectivity index (χ1n) is 5.34. The van der Waals surface area contributed by atoms with Crippen molar-refractivity contribution in [3.05, 3.63) is 36.0 Å². The standard InChI is InChI=1S/C12H14N2/c1-2-5-10-9(4-1)8-12(14-10)11-6-3-7-13-11/h1-2,4-5,8,11,13-14H,3,6-7H2/p+1/t11-/m0/s1. The lowest BCUT2D eigenvalue weighted by molar-refractivity contribution is -0.676. The molecule has 1 aliphatic heterocycles. The molecule has 1 saturated heterocycles. The van der Waals surface area contributed by atoms with Gasteiger partial charge in [0.15, 0.2) is 0 Å². The second-order valence-electron chi connectivity index (χ2n) is 4.09. The van der Waals surface area contributed by atoms with E-state index in [2.05, 4.69) is 40.6 Å². The van der Waals surface area contributed by atoms with Gasteiger partial charge in [0, 0.05) is 18.4 Å². The molecule has 0 radical (unpaired) electrons. The Morgan fingerprint density at radius 3 is 3.00 bits per heavy atom. The van der Waals surface area contributed by atoms with Gasteiger partial charge in [0.05, 0.1) is 12.2 Å². The third-order valence-corrected chi connectivity index (χ3v) is 3.12. The summed E-state index contributed by atoms with van der Waals surface area (Å²) >= 11 is 0. The molecule has 1 fully saturated rings. The van der Waals surface area contributed by atoms with Crippen LogP contribution in [0.5, 0.6) is 0 Å². The Morgan fingerprint density at radius 2 is 2.21 bits per heavy atom. The van der Waals surface area contributed by atoms with Crippen LogP contribution < -0.4 is 5.32 Å². The van der Waals surface area contributed by atoms with Crippen molar-refractivity contribution in [2.75, 3.05) is 6.54 Å². The fourth-order valence-corrected chi connectivity index (χ4v) is 2.35. The number of benzene rings is 1. The van der Waals surface area contributed by atoms with Crippen LogP contribution in [0.1, 0.15) is 24.6 Å². The number of nitrogens with two attached hydrogens (primary N) is 1. The number of quaternary nitrogens is 1. The number of rotatable bonds is 1. The second kappa shape index (κ2) is 3.14. The van der Waals surface area contributed by atoms with E-state index in [4.69, 9.17) is 0 Å². The van der Waals surface area contributed by atoms with Gasteiger partial charge in [-0.15, -0.1) is 0 Å². The highest BCUT2D eigenvalue weighted by Gasteiger charge is 2.21. The maximum atomic E-state index is 3.51. The molecule has 0 bridgehead atoms. The fraction of sp³-hybridized carbons (Fsp3) is 0.333. The average Bonchev–Trinajstić information content (AvgIpc) is 2.86. The summed E-state index contributed by atoms with van der Waals surface area (Å²) in [4.78, 5) is 3.51. The first-order valence-corrected chi connectivity index (χ1v) is 5.34. The molecule has 0 amide bonds. The van der Waals surface area contributed by atoms with Crippen molar-refractivity contribution in [1.29, 1.82) is 0 Å². The maximum absolute atomic E-state index is 3.51. The van der Waals surface area contributed by atoms with Crippen molar-refractivity contribution in [2.24, 2.45) is 0 Å². The van der Waals surface area contributed by atoms with Crippen LogP contribution >= 0.6 is 0 Å². The predicted octanol–water partition coefficient (Wildman–Crippen LogP) is 1.57. The van der Waals surface area contributed by atoms with Crippen molar-refractivity contribution < 1.29 is 5.32 Å². The van der Waals surface area contributed by atoms with Crippen molar-refractivity contribution in [2.45, 2.75) is 18.9 Å². The molecule has 0 spiro atoms. The number of nitrogens with one attached hydrogen (secondary N) is 1. The zero-order chi connectivity index (χ0) is 9.38. The molecule has 2 nitrogen and oxygen atoms in total. The van der Waals surface area contributed by atoms with Gasteiger partial charge >= 0.3 is 0 Å². The average molecular weight is 187 g/mol. The Kier molecular flexibility index (Phi) is 1.81. The molecular weight excluding hydrogens is 172 g/mol. The molecule has 14 heavy (non-hydrogen) atoms. The minimum absolute atomic E-state index is 0.669. The Hall–Kier alpha value is -1.28. The fourth-order valence-electron chi connectivity index (χ4n) is 2.35. The summed E-state index contributed by atoms with van der Waals surface area (Å²) in [5.74, 6) is 0.